The second kappa shape index (κ2) is 5.74. The third-order valence-electron chi connectivity index (χ3n) is 2.26. The molecule has 0 heterocycles. The minimum Gasteiger partial charge on any atom is -0.479 e. The summed E-state index contributed by atoms with van der Waals surface area (Å²) in [5.41, 5.74) is -3.33. The van der Waals surface area contributed by atoms with Crippen LogP contribution in [-0.4, -0.2) is 34.9 Å². The standard InChI is InChI=1S/C10H15F3N2O3/c1-4-5-6(2)14-8(18)15-9(3,7(16)17)10(11,12)13/h4,6H,1,5H2,2-3H3,(H,16,17)(H2,14,15,18). The molecule has 0 aliphatic carbocycles. The fraction of sp³-hybridized carbons (Fsp3) is 0.600. The molecule has 0 saturated heterocycles. The summed E-state index contributed by atoms with van der Waals surface area (Å²) in [6.45, 7) is 5.33. The Balaban J connectivity index is 4.77. The van der Waals surface area contributed by atoms with Gasteiger partial charge in [-0.1, -0.05) is 6.08 Å². The summed E-state index contributed by atoms with van der Waals surface area (Å²) >= 11 is 0. The maximum absolute atomic E-state index is 12.6. The molecule has 2 atom stereocenters. The van der Waals surface area contributed by atoms with Crippen molar-refractivity contribution >= 4 is 12.0 Å². The molecule has 8 heteroatoms. The summed E-state index contributed by atoms with van der Waals surface area (Å²) in [5.74, 6) is -2.18. The molecule has 0 aromatic carbocycles. The van der Waals surface area contributed by atoms with Gasteiger partial charge < -0.3 is 15.7 Å². The first kappa shape index (κ1) is 16.3. The van der Waals surface area contributed by atoms with Crippen LogP contribution in [0.2, 0.25) is 0 Å². The Morgan fingerprint density at radius 3 is 2.28 bits per heavy atom. The van der Waals surface area contributed by atoms with Crippen molar-refractivity contribution in [1.29, 1.82) is 0 Å². The van der Waals surface area contributed by atoms with Crippen LogP contribution in [0.4, 0.5) is 18.0 Å². The zero-order chi connectivity index (χ0) is 14.6. The van der Waals surface area contributed by atoms with Gasteiger partial charge in [-0.3, -0.25) is 0 Å². The van der Waals surface area contributed by atoms with Crippen LogP contribution in [0.1, 0.15) is 20.3 Å². The largest absolute Gasteiger partial charge is 0.479 e. The number of halogens is 3. The number of hydrogen-bond donors (Lipinski definition) is 3. The monoisotopic (exact) mass is 268 g/mol. The Labute approximate surface area is 102 Å². The normalized spacial score (nSPS) is 16.3. The second-order valence-corrected chi connectivity index (χ2v) is 3.95. The number of nitrogens with one attached hydrogen (secondary N) is 2. The topological polar surface area (TPSA) is 78.4 Å². The number of urea groups is 1. The van der Waals surface area contributed by atoms with Crippen molar-refractivity contribution < 1.29 is 27.9 Å². The molecule has 0 saturated carbocycles. The van der Waals surface area contributed by atoms with E-state index in [1.54, 1.807) is 6.92 Å². The lowest BCUT2D eigenvalue weighted by Crippen LogP contribution is -2.64. The molecule has 0 bridgehead atoms. The predicted molar refractivity (Wildman–Crippen MR) is 58.0 cm³/mol. The van der Waals surface area contributed by atoms with Crippen LogP contribution in [0, 0.1) is 0 Å². The predicted octanol–water partition coefficient (Wildman–Crippen LogP) is 1.66. The SMILES string of the molecule is C=CCC(C)NC(=O)NC(C)(C(=O)O)C(F)(F)F. The number of alkyl halides is 3. The maximum atomic E-state index is 12.6. The van der Waals surface area contributed by atoms with E-state index in [9.17, 15) is 22.8 Å². The first-order valence-corrected chi connectivity index (χ1v) is 5.04. The van der Waals surface area contributed by atoms with E-state index in [-0.39, 0.29) is 0 Å². The van der Waals surface area contributed by atoms with Crippen molar-refractivity contribution in [2.75, 3.05) is 0 Å². The van der Waals surface area contributed by atoms with Gasteiger partial charge in [0.15, 0.2) is 0 Å². The first-order chi connectivity index (χ1) is 8.04. The Hall–Kier alpha value is -1.73. The van der Waals surface area contributed by atoms with Crippen molar-refractivity contribution in [3.63, 3.8) is 0 Å². The molecule has 104 valence electrons. The highest BCUT2D eigenvalue weighted by molar-refractivity contribution is 5.86. The van der Waals surface area contributed by atoms with Crippen molar-refractivity contribution in [3.05, 3.63) is 12.7 Å². The lowest BCUT2D eigenvalue weighted by Gasteiger charge is -2.29. The molecule has 2 unspecified atom stereocenters. The van der Waals surface area contributed by atoms with E-state index in [0.29, 0.717) is 13.3 Å². The number of carboxylic acids is 1. The summed E-state index contributed by atoms with van der Waals surface area (Å²) in [4.78, 5) is 21.9. The van der Waals surface area contributed by atoms with E-state index in [1.165, 1.54) is 11.4 Å². The molecular weight excluding hydrogens is 253 g/mol. The van der Waals surface area contributed by atoms with Crippen LogP contribution < -0.4 is 10.6 Å². The van der Waals surface area contributed by atoms with Gasteiger partial charge in [0.2, 0.25) is 5.54 Å². The van der Waals surface area contributed by atoms with E-state index in [4.69, 9.17) is 5.11 Å². The Morgan fingerprint density at radius 2 is 1.94 bits per heavy atom. The molecule has 3 N–H and O–H groups in total. The number of rotatable bonds is 5. The van der Waals surface area contributed by atoms with E-state index in [0.717, 1.165) is 0 Å². The molecule has 0 aliphatic heterocycles. The van der Waals surface area contributed by atoms with Gasteiger partial charge in [0, 0.05) is 6.04 Å². The number of carboxylic acid groups (broad SMARTS) is 1. The van der Waals surface area contributed by atoms with Crippen molar-refractivity contribution in [1.82, 2.24) is 10.6 Å². The number of hydrogen-bond acceptors (Lipinski definition) is 2. The molecule has 0 spiro atoms. The Morgan fingerprint density at radius 1 is 1.44 bits per heavy atom. The van der Waals surface area contributed by atoms with E-state index in [1.807, 2.05) is 0 Å². The molecule has 18 heavy (non-hydrogen) atoms. The van der Waals surface area contributed by atoms with Gasteiger partial charge in [-0.15, -0.1) is 6.58 Å². The summed E-state index contributed by atoms with van der Waals surface area (Å²) in [5, 5.41) is 12.2. The highest BCUT2D eigenvalue weighted by atomic mass is 19.4. The van der Waals surface area contributed by atoms with Crippen LogP contribution in [0.3, 0.4) is 0 Å². The van der Waals surface area contributed by atoms with Crippen LogP contribution in [-0.2, 0) is 4.79 Å². The minimum atomic E-state index is -5.10. The van der Waals surface area contributed by atoms with E-state index < -0.39 is 29.8 Å². The lowest BCUT2D eigenvalue weighted by molar-refractivity contribution is -0.203. The number of amides is 2. The third-order valence-corrected chi connectivity index (χ3v) is 2.26. The Kier molecular flexibility index (Phi) is 5.19. The van der Waals surface area contributed by atoms with E-state index in [2.05, 4.69) is 11.9 Å². The number of carbonyl (C=O) groups is 2. The van der Waals surface area contributed by atoms with Crippen LogP contribution in [0.15, 0.2) is 12.7 Å². The highest BCUT2D eigenvalue weighted by Crippen LogP contribution is 2.30. The molecular formula is C10H15F3N2O3. The number of aliphatic carboxylic acids is 1. The molecule has 0 rings (SSSR count). The van der Waals surface area contributed by atoms with Gasteiger partial charge in [0.1, 0.15) is 0 Å². The van der Waals surface area contributed by atoms with Crippen molar-refractivity contribution in [2.24, 2.45) is 0 Å². The second-order valence-electron chi connectivity index (χ2n) is 3.95. The highest BCUT2D eigenvalue weighted by Gasteiger charge is 2.58. The maximum Gasteiger partial charge on any atom is 0.422 e. The average Bonchev–Trinajstić information content (AvgIpc) is 2.14. The fourth-order valence-electron chi connectivity index (χ4n) is 1.04. The summed E-state index contributed by atoms with van der Waals surface area (Å²) in [7, 11) is 0. The minimum absolute atomic E-state index is 0.350. The number of carbonyl (C=O) groups excluding carboxylic acids is 1. The van der Waals surface area contributed by atoms with Gasteiger partial charge >= 0.3 is 18.2 Å². The molecule has 0 aliphatic rings. The lowest BCUT2D eigenvalue weighted by atomic mass is 10.0. The Bertz CT molecular complexity index is 344. The van der Waals surface area contributed by atoms with Crippen molar-refractivity contribution in [3.8, 4) is 0 Å². The van der Waals surface area contributed by atoms with Crippen LogP contribution in [0.5, 0.6) is 0 Å². The first-order valence-electron chi connectivity index (χ1n) is 5.04. The molecule has 0 fully saturated rings. The van der Waals surface area contributed by atoms with Gasteiger partial charge in [0.05, 0.1) is 0 Å². The van der Waals surface area contributed by atoms with Gasteiger partial charge in [-0.2, -0.15) is 13.2 Å². The van der Waals surface area contributed by atoms with Gasteiger partial charge in [-0.25, -0.2) is 9.59 Å². The third kappa shape index (κ3) is 3.94. The summed E-state index contributed by atoms with van der Waals surface area (Å²) < 4.78 is 37.7. The zero-order valence-corrected chi connectivity index (χ0v) is 9.97. The van der Waals surface area contributed by atoms with E-state index >= 15 is 0 Å². The zero-order valence-electron chi connectivity index (χ0n) is 9.97. The molecule has 2 amide bonds. The quantitative estimate of drug-likeness (QED) is 0.663. The summed E-state index contributed by atoms with van der Waals surface area (Å²) in [6, 6.07) is -1.65. The van der Waals surface area contributed by atoms with Crippen LogP contribution >= 0.6 is 0 Å². The molecule has 0 aromatic rings. The average molecular weight is 268 g/mol. The molecule has 0 radical (unpaired) electrons. The van der Waals surface area contributed by atoms with Crippen molar-refractivity contribution in [2.45, 2.75) is 38.0 Å². The van der Waals surface area contributed by atoms with Gasteiger partial charge in [0.25, 0.3) is 0 Å². The molecule has 5 nitrogen and oxygen atoms in total. The van der Waals surface area contributed by atoms with Gasteiger partial charge in [-0.05, 0) is 20.3 Å². The summed E-state index contributed by atoms with van der Waals surface area (Å²) in [6.07, 6.45) is -3.27. The fourth-order valence-corrected chi connectivity index (χ4v) is 1.04. The smallest absolute Gasteiger partial charge is 0.422 e. The van der Waals surface area contributed by atoms with Crippen LogP contribution in [0.25, 0.3) is 0 Å². The molecule has 0 aromatic heterocycles.